The molecule has 0 fully saturated rings. The maximum absolute atomic E-state index is 12.7. The minimum atomic E-state index is -0.541. The van der Waals surface area contributed by atoms with Crippen LogP contribution in [0.3, 0.4) is 0 Å². The number of halogens is 1. The summed E-state index contributed by atoms with van der Waals surface area (Å²) in [5.74, 6) is -0.449. The molecule has 8 heteroatoms. The van der Waals surface area contributed by atoms with E-state index < -0.39 is 12.0 Å². The fourth-order valence-corrected chi connectivity index (χ4v) is 4.15. The van der Waals surface area contributed by atoms with Gasteiger partial charge in [0.2, 0.25) is 0 Å². The highest BCUT2D eigenvalue weighted by Gasteiger charge is 2.34. The first-order chi connectivity index (χ1) is 13.5. The van der Waals surface area contributed by atoms with E-state index in [1.54, 1.807) is 6.92 Å². The number of nitrogens with one attached hydrogen (secondary N) is 3. The van der Waals surface area contributed by atoms with Gasteiger partial charge in [-0.15, -0.1) is 11.3 Å². The van der Waals surface area contributed by atoms with Crippen molar-refractivity contribution < 1.29 is 14.3 Å². The second kappa shape index (κ2) is 9.23. The standard InChI is InChI=1S/C20H22ClN3O3S/c1-3-27-19(25)17-15(11-22-12(2)13-7-4-5-8-14(13)21)23-20(26)24-18(17)16-9-6-10-28-16/h4-10,12,18,22H,3,11H2,1-2H3,(H2,23,24,26)/t12-,18-/m0/s1. The Morgan fingerprint density at radius 1 is 1.32 bits per heavy atom. The van der Waals surface area contributed by atoms with E-state index in [0.717, 1.165) is 10.4 Å². The molecule has 3 rings (SSSR count). The van der Waals surface area contributed by atoms with E-state index in [1.165, 1.54) is 11.3 Å². The number of carbonyl (C=O) groups is 2. The third-order valence-corrected chi connectivity index (χ3v) is 5.71. The predicted molar refractivity (Wildman–Crippen MR) is 110 cm³/mol. The maximum atomic E-state index is 12.7. The summed E-state index contributed by atoms with van der Waals surface area (Å²) in [4.78, 5) is 25.8. The van der Waals surface area contributed by atoms with Gasteiger partial charge in [0.05, 0.1) is 18.2 Å². The summed E-state index contributed by atoms with van der Waals surface area (Å²) in [5.41, 5.74) is 1.85. The molecule has 2 atom stereocenters. The Labute approximate surface area is 172 Å². The van der Waals surface area contributed by atoms with Crippen molar-refractivity contribution in [1.29, 1.82) is 0 Å². The number of benzene rings is 1. The third-order valence-electron chi connectivity index (χ3n) is 4.43. The van der Waals surface area contributed by atoms with Crippen LogP contribution in [0.25, 0.3) is 0 Å². The van der Waals surface area contributed by atoms with E-state index in [1.807, 2.05) is 48.7 Å². The summed E-state index contributed by atoms with van der Waals surface area (Å²) >= 11 is 7.74. The van der Waals surface area contributed by atoms with Crippen molar-refractivity contribution in [1.82, 2.24) is 16.0 Å². The third kappa shape index (κ3) is 4.55. The fraction of sp³-hybridized carbons (Fsp3) is 0.300. The number of thiophene rings is 1. The van der Waals surface area contributed by atoms with Gasteiger partial charge in [0.25, 0.3) is 0 Å². The summed E-state index contributed by atoms with van der Waals surface area (Å²) in [6.45, 7) is 4.27. The summed E-state index contributed by atoms with van der Waals surface area (Å²) in [5, 5.41) is 11.5. The molecule has 1 aromatic heterocycles. The minimum absolute atomic E-state index is 0.0726. The van der Waals surface area contributed by atoms with Gasteiger partial charge >= 0.3 is 12.0 Å². The molecule has 1 aromatic carbocycles. The normalized spacial score (nSPS) is 17.7. The Bertz CT molecular complexity index is 883. The van der Waals surface area contributed by atoms with Gasteiger partial charge < -0.3 is 20.7 Å². The number of amides is 2. The molecule has 0 radical (unpaired) electrons. The van der Waals surface area contributed by atoms with E-state index in [-0.39, 0.29) is 25.2 Å². The number of ether oxygens (including phenoxy) is 1. The smallest absolute Gasteiger partial charge is 0.338 e. The predicted octanol–water partition coefficient (Wildman–Crippen LogP) is 3.92. The van der Waals surface area contributed by atoms with Crippen LogP contribution < -0.4 is 16.0 Å². The molecule has 148 valence electrons. The lowest BCUT2D eigenvalue weighted by molar-refractivity contribution is -0.139. The van der Waals surface area contributed by atoms with Crippen LogP contribution in [0, 0.1) is 0 Å². The van der Waals surface area contributed by atoms with Crippen molar-refractivity contribution >= 4 is 34.9 Å². The number of hydrogen-bond donors (Lipinski definition) is 3. The summed E-state index contributed by atoms with van der Waals surface area (Å²) < 4.78 is 5.25. The van der Waals surface area contributed by atoms with Gasteiger partial charge in [0, 0.05) is 28.2 Å². The highest BCUT2D eigenvalue weighted by atomic mass is 35.5. The monoisotopic (exact) mass is 419 g/mol. The number of urea groups is 1. The zero-order valence-corrected chi connectivity index (χ0v) is 17.2. The van der Waals surface area contributed by atoms with Crippen LogP contribution in [0.5, 0.6) is 0 Å². The van der Waals surface area contributed by atoms with Gasteiger partial charge in [-0.1, -0.05) is 35.9 Å². The lowest BCUT2D eigenvalue weighted by Gasteiger charge is -2.29. The quantitative estimate of drug-likeness (QED) is 0.594. The van der Waals surface area contributed by atoms with E-state index in [2.05, 4.69) is 16.0 Å². The zero-order valence-electron chi connectivity index (χ0n) is 15.6. The first-order valence-corrected chi connectivity index (χ1v) is 10.3. The highest BCUT2D eigenvalue weighted by molar-refractivity contribution is 7.10. The Hall–Kier alpha value is -2.35. The van der Waals surface area contributed by atoms with Crippen LogP contribution in [0.15, 0.2) is 53.0 Å². The topological polar surface area (TPSA) is 79.5 Å². The van der Waals surface area contributed by atoms with Crippen molar-refractivity contribution in [2.24, 2.45) is 0 Å². The average Bonchev–Trinajstić information content (AvgIpc) is 3.20. The molecular weight excluding hydrogens is 398 g/mol. The molecule has 2 amide bonds. The van der Waals surface area contributed by atoms with Gasteiger partial charge in [0.15, 0.2) is 0 Å². The van der Waals surface area contributed by atoms with Gasteiger partial charge in [0.1, 0.15) is 0 Å². The Kier molecular flexibility index (Phi) is 6.72. The molecule has 1 aliphatic heterocycles. The molecule has 0 spiro atoms. The molecule has 2 aromatic rings. The summed E-state index contributed by atoms with van der Waals surface area (Å²) in [7, 11) is 0. The zero-order chi connectivity index (χ0) is 20.1. The van der Waals surface area contributed by atoms with Crippen LogP contribution in [0.4, 0.5) is 4.79 Å². The van der Waals surface area contributed by atoms with Crippen LogP contribution in [-0.2, 0) is 9.53 Å². The molecule has 0 bridgehead atoms. The first kappa shape index (κ1) is 20.4. The molecular formula is C20H22ClN3O3S. The highest BCUT2D eigenvalue weighted by Crippen LogP contribution is 2.31. The fourth-order valence-electron chi connectivity index (χ4n) is 3.07. The van der Waals surface area contributed by atoms with E-state index >= 15 is 0 Å². The second-order valence-electron chi connectivity index (χ2n) is 6.28. The number of esters is 1. The second-order valence-corrected chi connectivity index (χ2v) is 7.67. The summed E-state index contributed by atoms with van der Waals surface area (Å²) in [6, 6.07) is 10.4. The molecule has 0 saturated carbocycles. The average molecular weight is 420 g/mol. The number of rotatable bonds is 7. The van der Waals surface area contributed by atoms with E-state index in [0.29, 0.717) is 16.3 Å². The molecule has 3 N–H and O–H groups in total. The Morgan fingerprint density at radius 2 is 2.11 bits per heavy atom. The first-order valence-electron chi connectivity index (χ1n) is 9.00. The van der Waals surface area contributed by atoms with E-state index in [9.17, 15) is 9.59 Å². The molecule has 28 heavy (non-hydrogen) atoms. The largest absolute Gasteiger partial charge is 0.463 e. The minimum Gasteiger partial charge on any atom is -0.463 e. The van der Waals surface area contributed by atoms with Crippen molar-refractivity contribution in [3.63, 3.8) is 0 Å². The molecule has 1 aliphatic rings. The van der Waals surface area contributed by atoms with E-state index in [4.69, 9.17) is 16.3 Å². The lowest BCUT2D eigenvalue weighted by Crippen LogP contribution is -2.48. The molecule has 0 unspecified atom stereocenters. The van der Waals surface area contributed by atoms with Gasteiger partial charge in [-0.2, -0.15) is 0 Å². The summed E-state index contributed by atoms with van der Waals surface area (Å²) in [6.07, 6.45) is 0. The Balaban J connectivity index is 1.89. The van der Waals surface area contributed by atoms with Crippen LogP contribution >= 0.6 is 22.9 Å². The van der Waals surface area contributed by atoms with Crippen molar-refractivity contribution in [3.05, 3.63) is 68.5 Å². The van der Waals surface area contributed by atoms with Gasteiger partial charge in [-0.3, -0.25) is 0 Å². The molecule has 6 nitrogen and oxygen atoms in total. The van der Waals surface area contributed by atoms with Gasteiger partial charge in [-0.25, -0.2) is 9.59 Å². The van der Waals surface area contributed by atoms with Crippen molar-refractivity contribution in [3.8, 4) is 0 Å². The maximum Gasteiger partial charge on any atom is 0.338 e. The van der Waals surface area contributed by atoms with Crippen LogP contribution in [-0.4, -0.2) is 25.2 Å². The molecule has 2 heterocycles. The van der Waals surface area contributed by atoms with Crippen LogP contribution in [0.1, 0.15) is 36.4 Å². The SMILES string of the molecule is CCOC(=O)C1=C(CN[C@@H](C)c2ccccc2Cl)NC(=O)N[C@H]1c1cccs1. The Morgan fingerprint density at radius 3 is 2.79 bits per heavy atom. The van der Waals surface area contributed by atoms with Gasteiger partial charge in [-0.05, 0) is 36.9 Å². The lowest BCUT2D eigenvalue weighted by atomic mass is 10.0. The van der Waals surface area contributed by atoms with Crippen LogP contribution in [0.2, 0.25) is 5.02 Å². The molecule has 0 saturated heterocycles. The number of carbonyl (C=O) groups excluding carboxylic acids is 2. The number of hydrogen-bond acceptors (Lipinski definition) is 5. The van der Waals surface area contributed by atoms with Crippen molar-refractivity contribution in [2.45, 2.75) is 25.9 Å². The molecule has 0 aliphatic carbocycles. The van der Waals surface area contributed by atoms with Crippen molar-refractivity contribution in [2.75, 3.05) is 13.2 Å².